The van der Waals surface area contributed by atoms with Gasteiger partial charge in [-0.3, -0.25) is 0 Å². The van der Waals surface area contributed by atoms with E-state index in [-0.39, 0.29) is 6.10 Å². The molecule has 0 spiro atoms. The van der Waals surface area contributed by atoms with E-state index in [1.54, 1.807) is 0 Å². The van der Waals surface area contributed by atoms with Gasteiger partial charge in [0, 0.05) is 0 Å². The molecule has 0 fully saturated rings. The van der Waals surface area contributed by atoms with Crippen molar-refractivity contribution in [3.8, 4) is 0 Å². The van der Waals surface area contributed by atoms with Gasteiger partial charge in [-0.1, -0.05) is 59.3 Å². The van der Waals surface area contributed by atoms with Crippen LogP contribution in [0.15, 0.2) is 0 Å². The molecule has 92 valence electrons. The Labute approximate surface area is 96.3 Å². The summed E-state index contributed by atoms with van der Waals surface area (Å²) in [5, 5.41) is 9.77. The summed E-state index contributed by atoms with van der Waals surface area (Å²) >= 11 is 0. The first-order chi connectivity index (χ1) is 7.20. The molecule has 1 heteroatoms. The van der Waals surface area contributed by atoms with Gasteiger partial charge in [0.15, 0.2) is 0 Å². The fourth-order valence-electron chi connectivity index (χ4n) is 2.07. The third-order valence-electron chi connectivity index (χ3n) is 3.17. The number of aliphatic hydroxyl groups is 1. The molecule has 2 unspecified atom stereocenters. The second kappa shape index (κ2) is 10.5. The van der Waals surface area contributed by atoms with Gasteiger partial charge in [-0.25, -0.2) is 0 Å². The number of aliphatic hydroxyl groups excluding tert-OH is 1. The fourth-order valence-corrected chi connectivity index (χ4v) is 2.07. The summed E-state index contributed by atoms with van der Waals surface area (Å²) in [4.78, 5) is 0. The second-order valence-electron chi connectivity index (χ2n) is 4.97. The van der Waals surface area contributed by atoms with E-state index in [0.29, 0.717) is 0 Å². The molecule has 0 amide bonds. The molecule has 0 aromatic carbocycles. The van der Waals surface area contributed by atoms with Gasteiger partial charge in [0.05, 0.1) is 6.10 Å². The van der Waals surface area contributed by atoms with Gasteiger partial charge in [0.25, 0.3) is 0 Å². The van der Waals surface area contributed by atoms with Crippen molar-refractivity contribution < 1.29 is 5.11 Å². The summed E-state index contributed by atoms with van der Waals surface area (Å²) in [6.45, 7) is 6.76. The smallest absolute Gasteiger partial charge is 0.0540 e. The molecular weight excluding hydrogens is 184 g/mol. The van der Waals surface area contributed by atoms with Crippen LogP contribution in [0.3, 0.4) is 0 Å². The summed E-state index contributed by atoms with van der Waals surface area (Å²) in [6, 6.07) is 0. The third kappa shape index (κ3) is 10.2. The zero-order valence-electron chi connectivity index (χ0n) is 11.0. The minimum absolute atomic E-state index is 0.0406. The molecule has 2 atom stereocenters. The van der Waals surface area contributed by atoms with Gasteiger partial charge in [0.2, 0.25) is 0 Å². The third-order valence-corrected chi connectivity index (χ3v) is 3.17. The first-order valence-corrected chi connectivity index (χ1v) is 6.88. The average molecular weight is 214 g/mol. The van der Waals surface area contributed by atoms with E-state index in [0.717, 1.165) is 18.8 Å². The first kappa shape index (κ1) is 15.0. The van der Waals surface area contributed by atoms with Crippen LogP contribution in [0.5, 0.6) is 0 Å². The summed E-state index contributed by atoms with van der Waals surface area (Å²) in [7, 11) is 0. The topological polar surface area (TPSA) is 20.2 Å². The Morgan fingerprint density at radius 1 is 0.800 bits per heavy atom. The fraction of sp³-hybridized carbons (Fsp3) is 1.00. The molecular formula is C14H30O. The van der Waals surface area contributed by atoms with Crippen molar-refractivity contribution in [2.45, 2.75) is 84.7 Å². The van der Waals surface area contributed by atoms with Gasteiger partial charge in [-0.05, 0) is 25.2 Å². The van der Waals surface area contributed by atoms with Crippen LogP contribution >= 0.6 is 0 Å². The minimum atomic E-state index is -0.0406. The van der Waals surface area contributed by atoms with Crippen LogP contribution in [0.1, 0.15) is 78.6 Å². The van der Waals surface area contributed by atoms with Gasteiger partial charge in [-0.15, -0.1) is 0 Å². The SMILES string of the molecule is CCCCCCC(O)CCC(C)CCC. The molecule has 1 N–H and O–H groups in total. The Morgan fingerprint density at radius 3 is 2.13 bits per heavy atom. The Hall–Kier alpha value is -0.0400. The van der Waals surface area contributed by atoms with Crippen LogP contribution in [-0.2, 0) is 0 Å². The number of hydrogen-bond donors (Lipinski definition) is 1. The largest absolute Gasteiger partial charge is 0.393 e. The van der Waals surface area contributed by atoms with Crippen LogP contribution in [0.25, 0.3) is 0 Å². The predicted octanol–water partition coefficient (Wildman–Crippen LogP) is 4.53. The van der Waals surface area contributed by atoms with E-state index in [1.807, 2.05) is 0 Å². The lowest BCUT2D eigenvalue weighted by atomic mass is 9.96. The Kier molecular flexibility index (Phi) is 10.4. The zero-order valence-corrected chi connectivity index (χ0v) is 11.0. The molecule has 0 saturated carbocycles. The molecule has 0 radical (unpaired) electrons. The van der Waals surface area contributed by atoms with Crippen molar-refractivity contribution in [1.82, 2.24) is 0 Å². The monoisotopic (exact) mass is 214 g/mol. The highest BCUT2D eigenvalue weighted by Crippen LogP contribution is 2.16. The van der Waals surface area contributed by atoms with Crippen LogP contribution in [0.2, 0.25) is 0 Å². The Balaban J connectivity index is 3.28. The second-order valence-corrected chi connectivity index (χ2v) is 4.97. The molecule has 15 heavy (non-hydrogen) atoms. The van der Waals surface area contributed by atoms with Crippen LogP contribution in [0.4, 0.5) is 0 Å². The molecule has 0 aliphatic carbocycles. The lowest BCUT2D eigenvalue weighted by Crippen LogP contribution is -2.08. The molecule has 0 aliphatic heterocycles. The molecule has 0 bridgehead atoms. The first-order valence-electron chi connectivity index (χ1n) is 6.88. The Bertz CT molecular complexity index is 123. The van der Waals surface area contributed by atoms with Crippen LogP contribution in [0, 0.1) is 5.92 Å². The van der Waals surface area contributed by atoms with Crippen molar-refractivity contribution in [3.63, 3.8) is 0 Å². The maximum atomic E-state index is 9.77. The normalized spacial score (nSPS) is 15.2. The summed E-state index contributed by atoms with van der Waals surface area (Å²) in [5.74, 6) is 0.792. The van der Waals surface area contributed by atoms with Gasteiger partial charge in [0.1, 0.15) is 0 Å². The molecule has 0 saturated heterocycles. The molecule has 0 rings (SSSR count). The molecule has 1 nitrogen and oxygen atoms in total. The van der Waals surface area contributed by atoms with Gasteiger partial charge in [-0.2, -0.15) is 0 Å². The predicted molar refractivity (Wildman–Crippen MR) is 68.1 cm³/mol. The zero-order chi connectivity index (χ0) is 11.5. The van der Waals surface area contributed by atoms with Crippen molar-refractivity contribution >= 4 is 0 Å². The summed E-state index contributed by atoms with van der Waals surface area (Å²) in [5.41, 5.74) is 0. The van der Waals surface area contributed by atoms with E-state index in [4.69, 9.17) is 0 Å². The van der Waals surface area contributed by atoms with E-state index >= 15 is 0 Å². The number of rotatable bonds is 10. The molecule has 0 aromatic heterocycles. The summed E-state index contributed by atoms with van der Waals surface area (Å²) in [6.07, 6.45) is 10.9. The summed E-state index contributed by atoms with van der Waals surface area (Å²) < 4.78 is 0. The minimum Gasteiger partial charge on any atom is -0.393 e. The highest BCUT2D eigenvalue weighted by molar-refractivity contribution is 4.60. The van der Waals surface area contributed by atoms with E-state index < -0.39 is 0 Å². The van der Waals surface area contributed by atoms with Crippen LogP contribution < -0.4 is 0 Å². The average Bonchev–Trinajstić information content (AvgIpc) is 2.22. The van der Waals surface area contributed by atoms with E-state index in [1.165, 1.54) is 44.9 Å². The van der Waals surface area contributed by atoms with E-state index in [9.17, 15) is 5.11 Å². The van der Waals surface area contributed by atoms with Crippen molar-refractivity contribution in [1.29, 1.82) is 0 Å². The maximum Gasteiger partial charge on any atom is 0.0540 e. The number of unbranched alkanes of at least 4 members (excludes halogenated alkanes) is 3. The van der Waals surface area contributed by atoms with E-state index in [2.05, 4.69) is 20.8 Å². The maximum absolute atomic E-state index is 9.77. The Morgan fingerprint density at radius 2 is 1.53 bits per heavy atom. The van der Waals surface area contributed by atoms with Crippen LogP contribution in [-0.4, -0.2) is 11.2 Å². The van der Waals surface area contributed by atoms with Gasteiger partial charge >= 0.3 is 0 Å². The highest BCUT2D eigenvalue weighted by atomic mass is 16.3. The quantitative estimate of drug-likeness (QED) is 0.530. The van der Waals surface area contributed by atoms with Crippen molar-refractivity contribution in [3.05, 3.63) is 0 Å². The lowest BCUT2D eigenvalue weighted by Gasteiger charge is -2.14. The highest BCUT2D eigenvalue weighted by Gasteiger charge is 2.07. The molecule has 0 aromatic rings. The van der Waals surface area contributed by atoms with Crippen molar-refractivity contribution in [2.24, 2.45) is 5.92 Å². The van der Waals surface area contributed by atoms with Crippen molar-refractivity contribution in [2.75, 3.05) is 0 Å². The van der Waals surface area contributed by atoms with Gasteiger partial charge < -0.3 is 5.11 Å². The number of hydrogen-bond acceptors (Lipinski definition) is 1. The standard InChI is InChI=1S/C14H30O/c1-4-6-7-8-10-14(15)12-11-13(3)9-5-2/h13-15H,4-12H2,1-3H3. The molecule has 0 heterocycles. The lowest BCUT2D eigenvalue weighted by molar-refractivity contribution is 0.141. The molecule has 0 aliphatic rings.